The van der Waals surface area contributed by atoms with Gasteiger partial charge in [0.05, 0.1) is 63.9 Å². The molecule has 0 amide bonds. The maximum absolute atomic E-state index is 13.4. The number of aliphatic hydroxyl groups excluding tert-OH is 2. The molecule has 3 saturated heterocycles. The lowest BCUT2D eigenvalue weighted by Crippen LogP contribution is -2.62. The van der Waals surface area contributed by atoms with Crippen molar-refractivity contribution in [2.45, 2.75) is 186 Å². The molecular formula is C44H68O14. The zero-order valence-electron chi connectivity index (χ0n) is 35.6. The molecule has 0 aromatic rings. The number of cyclic esters (lactones) is 1. The zero-order chi connectivity index (χ0) is 42.7. The molecule has 0 aliphatic carbocycles. The first-order valence-corrected chi connectivity index (χ1v) is 21.1. The van der Waals surface area contributed by atoms with Gasteiger partial charge < -0.3 is 48.5 Å². The molecule has 4 rings (SSSR count). The summed E-state index contributed by atoms with van der Waals surface area (Å²) in [6.07, 6.45) is 7.16. The smallest absolute Gasteiger partial charge is 0.330 e. The van der Waals surface area contributed by atoms with Crippen molar-refractivity contribution in [1.29, 1.82) is 0 Å². The van der Waals surface area contributed by atoms with E-state index in [2.05, 4.69) is 20.8 Å². The maximum atomic E-state index is 13.4. The summed E-state index contributed by atoms with van der Waals surface area (Å²) in [5.41, 5.74) is -0.554. The zero-order valence-corrected chi connectivity index (χ0v) is 35.6. The van der Waals surface area contributed by atoms with Gasteiger partial charge in [-0.2, -0.15) is 0 Å². The number of carbonyl (C=O) groups is 4. The molecule has 0 radical (unpaired) electrons. The number of aliphatic hydroxyl groups is 3. The average molecular weight is 821 g/mol. The maximum Gasteiger partial charge on any atom is 0.330 e. The first-order chi connectivity index (χ1) is 27.4. The molecule has 3 fully saturated rings. The monoisotopic (exact) mass is 820 g/mol. The largest absolute Gasteiger partial charge is 0.466 e. The normalized spacial score (nSPS) is 35.0. The summed E-state index contributed by atoms with van der Waals surface area (Å²) < 4.78 is 41.4. The minimum absolute atomic E-state index is 0.0338. The van der Waals surface area contributed by atoms with E-state index < -0.39 is 72.2 Å². The van der Waals surface area contributed by atoms with Crippen molar-refractivity contribution in [2.75, 3.05) is 20.8 Å². The lowest BCUT2D eigenvalue weighted by molar-refractivity contribution is -0.327. The van der Waals surface area contributed by atoms with Crippen molar-refractivity contribution in [1.82, 2.24) is 0 Å². The van der Waals surface area contributed by atoms with Crippen LogP contribution in [0.25, 0.3) is 0 Å². The third-order valence-corrected chi connectivity index (χ3v) is 12.0. The van der Waals surface area contributed by atoms with E-state index in [1.54, 1.807) is 26.0 Å². The predicted octanol–water partition coefficient (Wildman–Crippen LogP) is 5.48. The molecule has 328 valence electrons. The second-order valence-electron chi connectivity index (χ2n) is 17.7. The Bertz CT molecular complexity index is 1500. The molecule has 14 nitrogen and oxygen atoms in total. The molecular weight excluding hydrogens is 752 g/mol. The van der Waals surface area contributed by atoms with E-state index in [1.165, 1.54) is 26.4 Å². The van der Waals surface area contributed by atoms with E-state index in [1.807, 2.05) is 0 Å². The minimum atomic E-state index is -2.31. The highest BCUT2D eigenvalue weighted by atomic mass is 16.7. The summed E-state index contributed by atoms with van der Waals surface area (Å²) in [4.78, 5) is 51.9. The van der Waals surface area contributed by atoms with Gasteiger partial charge in [0.1, 0.15) is 6.10 Å². The van der Waals surface area contributed by atoms with Gasteiger partial charge in [0.25, 0.3) is 0 Å². The third-order valence-electron chi connectivity index (χ3n) is 12.0. The molecule has 4 heterocycles. The molecule has 14 heteroatoms. The summed E-state index contributed by atoms with van der Waals surface area (Å²) in [7, 11) is 2.53. The minimum Gasteiger partial charge on any atom is -0.466 e. The summed E-state index contributed by atoms with van der Waals surface area (Å²) in [5.74, 6) is -4.84. The lowest BCUT2D eigenvalue weighted by Gasteiger charge is -2.51. The van der Waals surface area contributed by atoms with Crippen molar-refractivity contribution in [2.24, 2.45) is 10.8 Å². The number of hydrogen-bond acceptors (Lipinski definition) is 14. The van der Waals surface area contributed by atoms with Crippen molar-refractivity contribution >= 4 is 23.9 Å². The van der Waals surface area contributed by atoms with Crippen LogP contribution >= 0.6 is 0 Å². The summed E-state index contributed by atoms with van der Waals surface area (Å²) in [6, 6.07) is 0. The van der Waals surface area contributed by atoms with Crippen LogP contribution in [0.2, 0.25) is 0 Å². The van der Waals surface area contributed by atoms with Crippen LogP contribution in [-0.2, 0) is 52.3 Å². The van der Waals surface area contributed by atoms with Crippen LogP contribution in [0.3, 0.4) is 0 Å². The molecule has 0 spiro atoms. The molecule has 4 aliphatic heterocycles. The van der Waals surface area contributed by atoms with E-state index in [0.29, 0.717) is 32.1 Å². The fourth-order valence-electron chi connectivity index (χ4n) is 8.44. The van der Waals surface area contributed by atoms with Crippen LogP contribution in [0.15, 0.2) is 35.5 Å². The molecule has 6 bridgehead atoms. The van der Waals surface area contributed by atoms with Gasteiger partial charge in [-0.25, -0.2) is 9.59 Å². The molecule has 3 N–H and O–H groups in total. The van der Waals surface area contributed by atoms with Gasteiger partial charge in [-0.3, -0.25) is 9.59 Å². The van der Waals surface area contributed by atoms with Crippen LogP contribution < -0.4 is 0 Å². The van der Waals surface area contributed by atoms with Gasteiger partial charge in [0.15, 0.2) is 6.10 Å². The van der Waals surface area contributed by atoms with Crippen LogP contribution in [0.4, 0.5) is 0 Å². The van der Waals surface area contributed by atoms with Crippen LogP contribution in [0.1, 0.15) is 131 Å². The number of carbonyl (C=O) groups excluding carboxylic acids is 4. The summed E-state index contributed by atoms with van der Waals surface area (Å²) >= 11 is 0. The van der Waals surface area contributed by atoms with Crippen LogP contribution in [0, 0.1) is 10.8 Å². The van der Waals surface area contributed by atoms with E-state index in [9.17, 15) is 34.5 Å². The van der Waals surface area contributed by atoms with Gasteiger partial charge in [0, 0.05) is 43.3 Å². The Labute approximate surface area is 343 Å². The Kier molecular flexibility index (Phi) is 17.5. The van der Waals surface area contributed by atoms with Gasteiger partial charge in [-0.15, -0.1) is 0 Å². The topological polar surface area (TPSA) is 194 Å². The van der Waals surface area contributed by atoms with Crippen molar-refractivity contribution in [3.8, 4) is 0 Å². The van der Waals surface area contributed by atoms with Gasteiger partial charge in [-0.1, -0.05) is 78.0 Å². The fourth-order valence-corrected chi connectivity index (χ4v) is 8.44. The second-order valence-corrected chi connectivity index (χ2v) is 17.7. The van der Waals surface area contributed by atoms with E-state index in [4.69, 9.17) is 33.2 Å². The SMILES string of the molecule is CCCCCCCC(=O)O[C@H]1/C(=C/C(=O)OC)C[C@H]2C[C@H](CO)OC(=O)C[C@H](O)C[C@@H]3CCC(C)(C)[C@H](C[C@@H]4C/C(=C\C(=O)OC)C[C@H](/C=C/C(C)(C)[C@]1(O)O2)O4)O3. The number of esters is 4. The number of hydrogen-bond donors (Lipinski definition) is 3. The quantitative estimate of drug-likeness (QED) is 0.0825. The molecule has 0 aromatic carbocycles. The molecule has 4 aliphatic rings. The van der Waals surface area contributed by atoms with Gasteiger partial charge in [0.2, 0.25) is 5.79 Å². The van der Waals surface area contributed by atoms with Crippen molar-refractivity contribution in [3.63, 3.8) is 0 Å². The highest BCUT2D eigenvalue weighted by molar-refractivity contribution is 5.83. The van der Waals surface area contributed by atoms with E-state index in [-0.39, 0.29) is 61.4 Å². The Balaban J connectivity index is 1.78. The third kappa shape index (κ3) is 13.2. The predicted molar refractivity (Wildman–Crippen MR) is 212 cm³/mol. The lowest BCUT2D eigenvalue weighted by atomic mass is 9.74. The van der Waals surface area contributed by atoms with Crippen LogP contribution in [-0.4, -0.2) is 115 Å². The summed E-state index contributed by atoms with van der Waals surface area (Å²) in [6.45, 7) is 9.17. The average Bonchev–Trinajstić information content (AvgIpc) is 3.15. The van der Waals surface area contributed by atoms with Gasteiger partial charge >= 0.3 is 23.9 Å². The van der Waals surface area contributed by atoms with Crippen molar-refractivity contribution < 1.29 is 67.7 Å². The first kappa shape index (κ1) is 47.5. The Morgan fingerprint density at radius 3 is 2.28 bits per heavy atom. The molecule has 9 atom stereocenters. The molecule has 0 unspecified atom stereocenters. The van der Waals surface area contributed by atoms with Gasteiger partial charge in [-0.05, 0) is 49.5 Å². The number of unbranched alkanes of at least 4 members (excludes halogenated alkanes) is 4. The number of ether oxygens (including phenoxy) is 7. The Morgan fingerprint density at radius 1 is 0.879 bits per heavy atom. The van der Waals surface area contributed by atoms with E-state index >= 15 is 0 Å². The Hall–Kier alpha value is -3.14. The first-order valence-electron chi connectivity index (χ1n) is 21.1. The molecule has 0 aromatic heterocycles. The van der Waals surface area contributed by atoms with Crippen molar-refractivity contribution in [3.05, 3.63) is 35.5 Å². The Morgan fingerprint density at radius 2 is 1.59 bits per heavy atom. The fraction of sp³-hybridized carbons (Fsp3) is 0.773. The number of methoxy groups -OCH3 is 2. The second kappa shape index (κ2) is 21.4. The highest BCUT2D eigenvalue weighted by Crippen LogP contribution is 2.47. The summed E-state index contributed by atoms with van der Waals surface area (Å²) in [5, 5.41) is 34.2. The standard InChI is InChI=1S/C44H68O14/c1-8-9-10-11-12-13-37(47)57-41-29(22-39(49)53-7)21-34-25-35(27-45)56-40(50)24-30(46)23-32-14-16-42(2,3)36(55-32)26-33-19-28(20-38(48)52-6)18-31(54-33)15-17-43(4,5)44(41,51)58-34/h15,17,20,22,30-36,41,45-46,51H,8-14,16,18-19,21,23-27H2,1-7H3/b17-15+,28-20-,29-22+/t30-,31+,32+,33+,34+,35-,36+,41+,44-/m1/s1. The highest BCUT2D eigenvalue weighted by Gasteiger charge is 2.57. The number of rotatable bonds is 10. The molecule has 58 heavy (non-hydrogen) atoms. The molecule has 0 saturated carbocycles. The van der Waals surface area contributed by atoms with Crippen LogP contribution in [0.5, 0.6) is 0 Å². The number of fused-ring (bicyclic) bond motifs is 6. The van der Waals surface area contributed by atoms with E-state index in [0.717, 1.165) is 37.7 Å².